The maximum absolute atomic E-state index is 11.4. The van der Waals surface area contributed by atoms with E-state index in [2.05, 4.69) is 49.4 Å². The predicted octanol–water partition coefficient (Wildman–Crippen LogP) is 5.47. The molecule has 2 nitrogen and oxygen atoms in total. The number of allylic oxidation sites excluding steroid dienone is 2. The number of hydrogen-bond donors (Lipinski definition) is 0. The predicted molar refractivity (Wildman–Crippen MR) is 92.9 cm³/mol. The van der Waals surface area contributed by atoms with Crippen molar-refractivity contribution in [1.82, 2.24) is 0 Å². The van der Waals surface area contributed by atoms with Crippen LogP contribution in [0.3, 0.4) is 0 Å². The molecule has 0 fully saturated rings. The number of benzene rings is 1. The third-order valence-electron chi connectivity index (χ3n) is 3.61. The minimum Gasteiger partial charge on any atom is -0.466 e. The van der Waals surface area contributed by atoms with Crippen LogP contribution in [0.1, 0.15) is 63.9 Å². The van der Waals surface area contributed by atoms with Gasteiger partial charge in [-0.15, -0.1) is 0 Å². The first-order chi connectivity index (χ1) is 10.8. The Labute approximate surface area is 135 Å². The van der Waals surface area contributed by atoms with Crippen LogP contribution in [0.2, 0.25) is 0 Å². The van der Waals surface area contributed by atoms with Crippen molar-refractivity contribution in [2.45, 2.75) is 64.7 Å². The lowest BCUT2D eigenvalue weighted by Gasteiger charge is -2.02. The van der Waals surface area contributed by atoms with Crippen LogP contribution >= 0.6 is 0 Å². The Balaban J connectivity index is 1.91. The number of carbonyl (C=O) groups is 1. The summed E-state index contributed by atoms with van der Waals surface area (Å²) in [4.78, 5) is 11.4. The van der Waals surface area contributed by atoms with Gasteiger partial charge in [-0.25, -0.2) is 0 Å². The van der Waals surface area contributed by atoms with Crippen LogP contribution in [0, 0.1) is 0 Å². The zero-order valence-corrected chi connectivity index (χ0v) is 13.9. The molecule has 0 heterocycles. The van der Waals surface area contributed by atoms with Crippen molar-refractivity contribution >= 4 is 5.97 Å². The minimum absolute atomic E-state index is 0.0414. The van der Waals surface area contributed by atoms with Crippen molar-refractivity contribution < 1.29 is 9.53 Å². The van der Waals surface area contributed by atoms with Gasteiger partial charge >= 0.3 is 5.97 Å². The molecule has 0 aliphatic rings. The Morgan fingerprint density at radius 1 is 1.00 bits per heavy atom. The van der Waals surface area contributed by atoms with Crippen LogP contribution in [0.4, 0.5) is 0 Å². The molecule has 0 saturated carbocycles. The molecule has 0 bridgehead atoms. The fourth-order valence-corrected chi connectivity index (χ4v) is 2.24. The van der Waals surface area contributed by atoms with E-state index in [1.54, 1.807) is 0 Å². The number of aryl methyl sites for hydroxylation is 1. The van der Waals surface area contributed by atoms with Crippen molar-refractivity contribution in [3.63, 3.8) is 0 Å². The van der Waals surface area contributed by atoms with Gasteiger partial charge in [0.05, 0.1) is 6.61 Å². The number of carbonyl (C=O) groups excluding carboxylic acids is 1. The Hall–Kier alpha value is -1.57. The highest BCUT2D eigenvalue weighted by atomic mass is 16.5. The lowest BCUT2D eigenvalue weighted by Crippen LogP contribution is -2.05. The summed E-state index contributed by atoms with van der Waals surface area (Å²) in [6.07, 6.45) is 13.7. The second-order valence-electron chi connectivity index (χ2n) is 5.67. The smallest absolute Gasteiger partial charge is 0.305 e. The van der Waals surface area contributed by atoms with E-state index in [4.69, 9.17) is 4.74 Å². The van der Waals surface area contributed by atoms with E-state index in [9.17, 15) is 4.79 Å². The molecule has 1 aromatic rings. The van der Waals surface area contributed by atoms with Gasteiger partial charge in [0.25, 0.3) is 0 Å². The summed E-state index contributed by atoms with van der Waals surface area (Å²) in [6, 6.07) is 10.6. The molecule has 1 rings (SSSR count). The molecule has 0 atom stereocenters. The van der Waals surface area contributed by atoms with Crippen molar-refractivity contribution in [2.24, 2.45) is 0 Å². The van der Waals surface area contributed by atoms with E-state index >= 15 is 0 Å². The average Bonchev–Trinajstić information content (AvgIpc) is 2.54. The van der Waals surface area contributed by atoms with E-state index in [1.165, 1.54) is 12.0 Å². The first-order valence-corrected chi connectivity index (χ1v) is 8.67. The first kappa shape index (κ1) is 18.5. The molecular weight excluding hydrogens is 272 g/mol. The van der Waals surface area contributed by atoms with E-state index in [-0.39, 0.29) is 5.97 Å². The Morgan fingerprint density at radius 2 is 1.73 bits per heavy atom. The summed E-state index contributed by atoms with van der Waals surface area (Å²) in [5, 5.41) is 0. The van der Waals surface area contributed by atoms with Gasteiger partial charge in [-0.2, -0.15) is 0 Å². The molecule has 0 aliphatic carbocycles. The van der Waals surface area contributed by atoms with Gasteiger partial charge in [-0.3, -0.25) is 4.79 Å². The molecule has 0 unspecified atom stereocenters. The van der Waals surface area contributed by atoms with Gasteiger partial charge in [-0.1, -0.05) is 55.8 Å². The summed E-state index contributed by atoms with van der Waals surface area (Å²) >= 11 is 0. The molecule has 0 spiro atoms. The fourth-order valence-electron chi connectivity index (χ4n) is 2.24. The zero-order valence-electron chi connectivity index (χ0n) is 13.9. The molecular formula is C20H30O2. The van der Waals surface area contributed by atoms with Gasteiger partial charge in [-0.05, 0) is 50.5 Å². The normalized spacial score (nSPS) is 11.0. The second kappa shape index (κ2) is 13.1. The van der Waals surface area contributed by atoms with Crippen LogP contribution in [0.5, 0.6) is 0 Å². The van der Waals surface area contributed by atoms with Crippen LogP contribution in [0.15, 0.2) is 42.5 Å². The lowest BCUT2D eigenvalue weighted by atomic mass is 10.1. The van der Waals surface area contributed by atoms with Crippen LogP contribution in [0.25, 0.3) is 0 Å². The lowest BCUT2D eigenvalue weighted by molar-refractivity contribution is -0.143. The Bertz CT molecular complexity index is 409. The van der Waals surface area contributed by atoms with Crippen molar-refractivity contribution in [3.05, 3.63) is 48.0 Å². The fraction of sp³-hybridized carbons (Fsp3) is 0.550. The second-order valence-corrected chi connectivity index (χ2v) is 5.67. The SMILES string of the molecule is CCCCOC(=O)CCCC/C=C/CCCc1ccccc1. The molecule has 0 saturated heterocycles. The molecule has 0 aromatic heterocycles. The standard InChI is InChI=1S/C20H30O2/c1-2-3-18-22-20(21)17-13-8-6-4-5-7-10-14-19-15-11-9-12-16-19/h4-5,9,11-12,15-16H,2-3,6-8,10,13-14,17-18H2,1H3/b5-4+. The summed E-state index contributed by atoms with van der Waals surface area (Å²) < 4.78 is 5.13. The summed E-state index contributed by atoms with van der Waals surface area (Å²) in [6.45, 7) is 2.68. The highest BCUT2D eigenvalue weighted by Crippen LogP contribution is 2.07. The van der Waals surface area contributed by atoms with E-state index in [0.717, 1.165) is 44.9 Å². The van der Waals surface area contributed by atoms with Crippen molar-refractivity contribution in [2.75, 3.05) is 6.61 Å². The number of ether oxygens (including phenoxy) is 1. The molecule has 0 amide bonds. The quantitative estimate of drug-likeness (QED) is 0.291. The van der Waals surface area contributed by atoms with Gasteiger partial charge in [0.2, 0.25) is 0 Å². The van der Waals surface area contributed by atoms with Crippen LogP contribution < -0.4 is 0 Å². The first-order valence-electron chi connectivity index (χ1n) is 8.67. The zero-order chi connectivity index (χ0) is 15.9. The highest BCUT2D eigenvalue weighted by molar-refractivity contribution is 5.69. The summed E-state index contributed by atoms with van der Waals surface area (Å²) in [5.41, 5.74) is 1.41. The van der Waals surface area contributed by atoms with Crippen LogP contribution in [-0.4, -0.2) is 12.6 Å². The molecule has 0 N–H and O–H groups in total. The monoisotopic (exact) mass is 302 g/mol. The number of hydrogen-bond acceptors (Lipinski definition) is 2. The van der Waals surface area contributed by atoms with Gasteiger partial charge < -0.3 is 4.74 Å². The molecule has 0 aliphatic heterocycles. The maximum atomic E-state index is 11.4. The summed E-state index contributed by atoms with van der Waals surface area (Å²) in [5.74, 6) is -0.0414. The topological polar surface area (TPSA) is 26.3 Å². The van der Waals surface area contributed by atoms with Crippen LogP contribution in [-0.2, 0) is 16.0 Å². The Kier molecular flexibility index (Phi) is 11.0. The third kappa shape index (κ3) is 10.2. The number of unbranched alkanes of at least 4 members (excludes halogenated alkanes) is 4. The molecule has 1 aromatic carbocycles. The van der Waals surface area contributed by atoms with Gasteiger partial charge in [0.15, 0.2) is 0 Å². The third-order valence-corrected chi connectivity index (χ3v) is 3.61. The summed E-state index contributed by atoms with van der Waals surface area (Å²) in [7, 11) is 0. The molecule has 2 heteroatoms. The van der Waals surface area contributed by atoms with Crippen molar-refractivity contribution in [1.29, 1.82) is 0 Å². The van der Waals surface area contributed by atoms with E-state index in [1.807, 2.05) is 0 Å². The van der Waals surface area contributed by atoms with Gasteiger partial charge in [0.1, 0.15) is 0 Å². The van der Waals surface area contributed by atoms with E-state index < -0.39 is 0 Å². The molecule has 22 heavy (non-hydrogen) atoms. The largest absolute Gasteiger partial charge is 0.466 e. The number of rotatable bonds is 12. The highest BCUT2D eigenvalue weighted by Gasteiger charge is 2.00. The number of esters is 1. The van der Waals surface area contributed by atoms with Gasteiger partial charge in [0, 0.05) is 6.42 Å². The minimum atomic E-state index is -0.0414. The van der Waals surface area contributed by atoms with E-state index in [0.29, 0.717) is 13.0 Å². The average molecular weight is 302 g/mol. The Morgan fingerprint density at radius 3 is 2.45 bits per heavy atom. The van der Waals surface area contributed by atoms with Crippen molar-refractivity contribution in [3.8, 4) is 0 Å². The molecule has 122 valence electrons. The molecule has 0 radical (unpaired) electrons. The maximum Gasteiger partial charge on any atom is 0.305 e.